The molecule has 3 aromatic rings. The van der Waals surface area contributed by atoms with Gasteiger partial charge in [0.2, 0.25) is 5.91 Å². The number of phenols is 1. The third-order valence-corrected chi connectivity index (χ3v) is 5.14. The van der Waals surface area contributed by atoms with Crippen molar-refractivity contribution in [1.82, 2.24) is 0 Å². The zero-order chi connectivity index (χ0) is 22.1. The summed E-state index contributed by atoms with van der Waals surface area (Å²) in [5.74, 6) is 0.0419. The van der Waals surface area contributed by atoms with Crippen LogP contribution in [0.4, 0.5) is 22.7 Å². The number of hydrogen-bond acceptors (Lipinski definition) is 3. The van der Waals surface area contributed by atoms with Crippen LogP contribution in [0.1, 0.15) is 37.5 Å². The van der Waals surface area contributed by atoms with E-state index in [1.54, 1.807) is 13.0 Å². The van der Waals surface area contributed by atoms with Crippen LogP contribution in [0, 0.1) is 26.2 Å². The number of nitrogens with zero attached hydrogens (tertiary/aromatic N) is 1. The molecule has 30 heavy (non-hydrogen) atoms. The van der Waals surface area contributed by atoms with E-state index in [9.17, 15) is 9.90 Å². The van der Waals surface area contributed by atoms with Crippen molar-refractivity contribution in [1.29, 1.82) is 0 Å². The molecular formula is C26H30N2O2. The Kier molecular flexibility index (Phi) is 5.88. The molecule has 0 aliphatic rings. The molecule has 0 fully saturated rings. The molecule has 4 nitrogen and oxygen atoms in total. The Morgan fingerprint density at radius 3 is 1.70 bits per heavy atom. The number of phenolic OH excluding ortho intramolecular Hbond substituents is 1. The van der Waals surface area contributed by atoms with E-state index in [1.807, 2.05) is 26.8 Å². The van der Waals surface area contributed by atoms with Crippen LogP contribution in [-0.2, 0) is 4.79 Å². The average Bonchev–Trinajstić information content (AvgIpc) is 2.68. The molecule has 0 bridgehead atoms. The summed E-state index contributed by atoms with van der Waals surface area (Å²) in [6, 6.07) is 20.1. The highest BCUT2D eigenvalue weighted by Crippen LogP contribution is 2.40. The van der Waals surface area contributed by atoms with E-state index in [0.717, 1.165) is 17.1 Å². The molecule has 0 aliphatic carbocycles. The van der Waals surface area contributed by atoms with Crippen LogP contribution in [0.25, 0.3) is 0 Å². The van der Waals surface area contributed by atoms with Gasteiger partial charge in [0.25, 0.3) is 0 Å². The predicted molar refractivity (Wildman–Crippen MR) is 125 cm³/mol. The Bertz CT molecular complexity index is 1000. The fraction of sp³-hybridized carbons (Fsp3) is 0.269. The molecule has 0 aliphatic heterocycles. The molecule has 0 aromatic heterocycles. The summed E-state index contributed by atoms with van der Waals surface area (Å²) in [5.41, 5.74) is 5.78. The van der Waals surface area contributed by atoms with Crippen LogP contribution in [0.3, 0.4) is 0 Å². The van der Waals surface area contributed by atoms with Crippen molar-refractivity contribution < 1.29 is 9.90 Å². The lowest BCUT2D eigenvalue weighted by molar-refractivity contribution is -0.123. The molecule has 4 heteroatoms. The molecule has 0 saturated heterocycles. The fourth-order valence-corrected chi connectivity index (χ4v) is 3.09. The van der Waals surface area contributed by atoms with Crippen molar-refractivity contribution in [3.05, 3.63) is 77.4 Å². The van der Waals surface area contributed by atoms with Gasteiger partial charge in [-0.15, -0.1) is 0 Å². The number of rotatable bonds is 4. The van der Waals surface area contributed by atoms with E-state index < -0.39 is 5.41 Å². The van der Waals surface area contributed by atoms with Gasteiger partial charge in [0.1, 0.15) is 5.75 Å². The number of benzene rings is 3. The smallest absolute Gasteiger partial charge is 0.229 e. The highest BCUT2D eigenvalue weighted by atomic mass is 16.3. The van der Waals surface area contributed by atoms with Crippen molar-refractivity contribution in [2.24, 2.45) is 5.41 Å². The van der Waals surface area contributed by atoms with Crippen molar-refractivity contribution in [2.75, 3.05) is 10.2 Å². The fourth-order valence-electron chi connectivity index (χ4n) is 3.09. The van der Waals surface area contributed by atoms with Crippen molar-refractivity contribution >= 4 is 28.7 Å². The molecule has 3 aromatic carbocycles. The van der Waals surface area contributed by atoms with Crippen LogP contribution < -0.4 is 10.2 Å². The Labute approximate surface area is 179 Å². The Balaban J connectivity index is 2.14. The second kappa shape index (κ2) is 8.23. The molecule has 0 spiro atoms. The molecule has 0 saturated carbocycles. The monoisotopic (exact) mass is 402 g/mol. The van der Waals surface area contributed by atoms with Gasteiger partial charge in [-0.3, -0.25) is 4.79 Å². The molecule has 2 N–H and O–H groups in total. The van der Waals surface area contributed by atoms with Gasteiger partial charge in [-0.05, 0) is 51.1 Å². The standard InChI is InChI=1S/C26H30N2O2/c1-17-7-11-20(12-8-17)28(21-13-9-18(2)10-14-21)22-15-23(19(3)24(29)16-22)27-25(30)26(4,5)6/h7-16,29H,1-6H3,(H,27,30). The van der Waals surface area contributed by atoms with E-state index in [4.69, 9.17) is 0 Å². The zero-order valence-corrected chi connectivity index (χ0v) is 18.6. The largest absolute Gasteiger partial charge is 0.508 e. The first kappa shape index (κ1) is 21.4. The Morgan fingerprint density at radius 1 is 0.800 bits per heavy atom. The average molecular weight is 403 g/mol. The summed E-state index contributed by atoms with van der Waals surface area (Å²) >= 11 is 0. The van der Waals surface area contributed by atoms with Crippen molar-refractivity contribution in [3.63, 3.8) is 0 Å². The zero-order valence-electron chi connectivity index (χ0n) is 18.6. The van der Waals surface area contributed by atoms with Gasteiger partial charge < -0.3 is 15.3 Å². The van der Waals surface area contributed by atoms with Crippen LogP contribution in [0.2, 0.25) is 0 Å². The second-order valence-electron chi connectivity index (χ2n) is 8.85. The normalized spacial score (nSPS) is 11.3. The van der Waals surface area contributed by atoms with E-state index in [-0.39, 0.29) is 11.7 Å². The highest BCUT2D eigenvalue weighted by molar-refractivity contribution is 5.96. The number of amides is 1. The van der Waals surface area contributed by atoms with Gasteiger partial charge in [0.05, 0.1) is 5.69 Å². The number of nitrogens with one attached hydrogen (secondary N) is 1. The Hall–Kier alpha value is -3.27. The van der Waals surface area contributed by atoms with E-state index in [2.05, 4.69) is 72.6 Å². The van der Waals surface area contributed by atoms with Crippen LogP contribution >= 0.6 is 0 Å². The second-order valence-corrected chi connectivity index (χ2v) is 8.85. The number of aryl methyl sites for hydroxylation is 2. The number of aromatic hydroxyl groups is 1. The first-order chi connectivity index (χ1) is 14.1. The third kappa shape index (κ3) is 4.65. The molecule has 3 rings (SSSR count). The molecular weight excluding hydrogens is 372 g/mol. The van der Waals surface area contributed by atoms with Gasteiger partial charge in [0.15, 0.2) is 0 Å². The van der Waals surface area contributed by atoms with Gasteiger partial charge in [-0.1, -0.05) is 56.2 Å². The highest BCUT2D eigenvalue weighted by Gasteiger charge is 2.23. The van der Waals surface area contributed by atoms with E-state index >= 15 is 0 Å². The maximum absolute atomic E-state index is 12.6. The van der Waals surface area contributed by atoms with Gasteiger partial charge in [-0.25, -0.2) is 0 Å². The van der Waals surface area contributed by atoms with Gasteiger partial charge in [-0.2, -0.15) is 0 Å². The van der Waals surface area contributed by atoms with Crippen LogP contribution in [-0.4, -0.2) is 11.0 Å². The minimum atomic E-state index is -0.536. The number of carbonyl (C=O) groups excluding carboxylic acids is 1. The van der Waals surface area contributed by atoms with E-state index in [1.165, 1.54) is 11.1 Å². The topological polar surface area (TPSA) is 52.6 Å². The molecule has 0 atom stereocenters. The first-order valence-corrected chi connectivity index (χ1v) is 10.1. The summed E-state index contributed by atoms with van der Waals surface area (Å²) < 4.78 is 0. The first-order valence-electron chi connectivity index (χ1n) is 10.1. The van der Waals surface area contributed by atoms with Crippen molar-refractivity contribution in [3.8, 4) is 5.75 Å². The van der Waals surface area contributed by atoms with Crippen LogP contribution in [0.15, 0.2) is 60.7 Å². The number of hydrogen-bond donors (Lipinski definition) is 2. The summed E-state index contributed by atoms with van der Waals surface area (Å²) in [6.45, 7) is 11.5. The molecule has 0 heterocycles. The lowest BCUT2D eigenvalue weighted by atomic mass is 9.95. The molecule has 0 unspecified atom stereocenters. The van der Waals surface area contributed by atoms with E-state index in [0.29, 0.717) is 11.3 Å². The lowest BCUT2D eigenvalue weighted by Gasteiger charge is -2.27. The summed E-state index contributed by atoms with van der Waals surface area (Å²) in [6.07, 6.45) is 0. The quantitative estimate of drug-likeness (QED) is 0.506. The third-order valence-electron chi connectivity index (χ3n) is 5.14. The minimum absolute atomic E-state index is 0.0978. The summed E-state index contributed by atoms with van der Waals surface area (Å²) in [4.78, 5) is 14.7. The maximum atomic E-state index is 12.6. The number of carbonyl (C=O) groups is 1. The summed E-state index contributed by atoms with van der Waals surface area (Å²) in [7, 11) is 0. The minimum Gasteiger partial charge on any atom is -0.508 e. The van der Waals surface area contributed by atoms with Crippen LogP contribution in [0.5, 0.6) is 5.75 Å². The lowest BCUT2D eigenvalue weighted by Crippen LogP contribution is -2.28. The van der Waals surface area contributed by atoms with Gasteiger partial charge in [0, 0.05) is 34.1 Å². The molecule has 1 amide bonds. The van der Waals surface area contributed by atoms with Crippen molar-refractivity contribution in [2.45, 2.75) is 41.5 Å². The molecule has 0 radical (unpaired) electrons. The molecule has 156 valence electrons. The number of anilines is 4. The SMILES string of the molecule is Cc1ccc(N(c2ccc(C)cc2)c2cc(O)c(C)c(NC(=O)C(C)(C)C)c2)cc1. The Morgan fingerprint density at radius 2 is 1.27 bits per heavy atom. The van der Waals surface area contributed by atoms with Gasteiger partial charge >= 0.3 is 0 Å². The maximum Gasteiger partial charge on any atom is 0.229 e. The summed E-state index contributed by atoms with van der Waals surface area (Å²) in [5, 5.41) is 13.6. The predicted octanol–water partition coefficient (Wildman–Crippen LogP) is 6.77.